The number of carbonyl (C=O) groups is 2. The van der Waals surface area contributed by atoms with E-state index in [1.807, 2.05) is 31.7 Å². The van der Waals surface area contributed by atoms with Gasteiger partial charge in [-0.3, -0.25) is 14.6 Å². The van der Waals surface area contributed by atoms with E-state index in [1.165, 1.54) is 5.56 Å². The summed E-state index contributed by atoms with van der Waals surface area (Å²) in [4.78, 5) is 32.0. The smallest absolute Gasteiger partial charge is 0.253 e. The van der Waals surface area contributed by atoms with E-state index in [0.29, 0.717) is 22.2 Å². The van der Waals surface area contributed by atoms with E-state index < -0.39 is 5.41 Å². The van der Waals surface area contributed by atoms with E-state index in [0.717, 1.165) is 43.5 Å². The number of fused-ring (bicyclic) bond motifs is 1. The number of carbonyl (C=O) groups excluding carboxylic acids is 2. The number of aryl methyl sites for hydroxylation is 2. The molecule has 2 aliphatic rings. The van der Waals surface area contributed by atoms with E-state index in [4.69, 9.17) is 11.6 Å². The maximum Gasteiger partial charge on any atom is 0.253 e. The van der Waals surface area contributed by atoms with Gasteiger partial charge in [-0.15, -0.1) is 0 Å². The summed E-state index contributed by atoms with van der Waals surface area (Å²) < 4.78 is 0. The van der Waals surface area contributed by atoms with Gasteiger partial charge in [0.05, 0.1) is 21.7 Å². The number of halogens is 1. The van der Waals surface area contributed by atoms with Crippen LogP contribution in [0.15, 0.2) is 30.5 Å². The van der Waals surface area contributed by atoms with Crippen molar-refractivity contribution >= 4 is 29.1 Å². The zero-order chi connectivity index (χ0) is 22.3. The summed E-state index contributed by atoms with van der Waals surface area (Å²) in [6.07, 6.45) is 5.36. The summed E-state index contributed by atoms with van der Waals surface area (Å²) in [7, 11) is 0. The molecule has 1 N–H and O–H groups in total. The van der Waals surface area contributed by atoms with Crippen molar-refractivity contribution < 1.29 is 9.59 Å². The van der Waals surface area contributed by atoms with Crippen molar-refractivity contribution in [2.75, 3.05) is 11.4 Å². The largest absolute Gasteiger partial charge is 0.349 e. The lowest BCUT2D eigenvalue weighted by molar-refractivity contribution is -0.122. The van der Waals surface area contributed by atoms with Gasteiger partial charge in [-0.1, -0.05) is 23.7 Å². The molecule has 2 aromatic rings. The van der Waals surface area contributed by atoms with Gasteiger partial charge in [0.1, 0.15) is 0 Å². The van der Waals surface area contributed by atoms with Gasteiger partial charge >= 0.3 is 0 Å². The highest BCUT2D eigenvalue weighted by molar-refractivity contribution is 6.30. The fraction of sp³-hybridized carbons (Fsp3) is 0.480. The second kappa shape index (κ2) is 8.27. The number of pyridine rings is 1. The van der Waals surface area contributed by atoms with Crippen LogP contribution in [0.5, 0.6) is 0 Å². The molecule has 0 radical (unpaired) electrons. The SMILES string of the molecule is Cc1cccc2c1C(C)(C)C(=O)N2C[C@H]1CC[C@H](NC(=O)c2cc(Cl)cnc2C)CC1. The van der Waals surface area contributed by atoms with Gasteiger partial charge in [-0.2, -0.15) is 0 Å². The zero-order valence-corrected chi connectivity index (χ0v) is 19.4. The summed E-state index contributed by atoms with van der Waals surface area (Å²) in [5.74, 6) is 0.516. The predicted molar refractivity (Wildman–Crippen MR) is 124 cm³/mol. The Kier molecular flexibility index (Phi) is 5.82. The molecule has 0 bridgehead atoms. The van der Waals surface area contributed by atoms with E-state index in [2.05, 4.69) is 29.4 Å². The molecule has 0 atom stereocenters. The molecule has 1 saturated carbocycles. The van der Waals surface area contributed by atoms with Crippen LogP contribution >= 0.6 is 11.6 Å². The van der Waals surface area contributed by atoms with Crippen molar-refractivity contribution in [2.24, 2.45) is 5.92 Å². The molecule has 1 fully saturated rings. The first-order valence-electron chi connectivity index (χ1n) is 11.0. The van der Waals surface area contributed by atoms with E-state index in [1.54, 1.807) is 12.3 Å². The van der Waals surface area contributed by atoms with Crippen molar-refractivity contribution in [3.05, 3.63) is 57.9 Å². The molecular weight excluding hydrogens is 410 g/mol. The van der Waals surface area contributed by atoms with Gasteiger partial charge in [0.25, 0.3) is 5.91 Å². The van der Waals surface area contributed by atoms with Gasteiger partial charge < -0.3 is 10.2 Å². The lowest BCUT2D eigenvalue weighted by Gasteiger charge is -2.32. The normalized spacial score (nSPS) is 22.4. The first-order valence-corrected chi connectivity index (χ1v) is 11.4. The average Bonchev–Trinajstić information content (AvgIpc) is 2.92. The molecule has 31 heavy (non-hydrogen) atoms. The van der Waals surface area contributed by atoms with Crippen molar-refractivity contribution in [3.63, 3.8) is 0 Å². The molecule has 5 nitrogen and oxygen atoms in total. The Morgan fingerprint density at radius 3 is 2.65 bits per heavy atom. The summed E-state index contributed by atoms with van der Waals surface area (Å²) in [5.41, 5.74) is 4.14. The van der Waals surface area contributed by atoms with Crippen LogP contribution in [-0.2, 0) is 10.2 Å². The monoisotopic (exact) mass is 439 g/mol. The number of nitrogens with one attached hydrogen (secondary N) is 1. The number of anilines is 1. The van der Waals surface area contributed by atoms with Gasteiger partial charge in [-0.05, 0) is 82.6 Å². The summed E-state index contributed by atoms with van der Waals surface area (Å²) in [6.45, 7) is 8.70. The molecular formula is C25H30ClN3O2. The minimum Gasteiger partial charge on any atom is -0.349 e. The molecule has 2 amide bonds. The van der Waals surface area contributed by atoms with Crippen LogP contribution in [-0.4, -0.2) is 29.4 Å². The topological polar surface area (TPSA) is 62.3 Å². The highest BCUT2D eigenvalue weighted by Crippen LogP contribution is 2.44. The second-order valence-corrected chi connectivity index (χ2v) is 9.92. The minimum atomic E-state index is -0.477. The fourth-order valence-corrected chi connectivity index (χ4v) is 5.33. The van der Waals surface area contributed by atoms with Gasteiger partial charge in [0.15, 0.2) is 0 Å². The Labute approximate surface area is 189 Å². The van der Waals surface area contributed by atoms with Crippen molar-refractivity contribution in [1.82, 2.24) is 10.3 Å². The number of hydrogen-bond donors (Lipinski definition) is 1. The van der Waals surface area contributed by atoms with Gasteiger partial charge in [0.2, 0.25) is 5.91 Å². The van der Waals surface area contributed by atoms with Crippen LogP contribution in [0.4, 0.5) is 5.69 Å². The molecule has 1 aromatic carbocycles. The molecule has 4 rings (SSSR count). The molecule has 2 heterocycles. The standard InChI is InChI=1S/C25H30ClN3O2/c1-15-6-5-7-21-22(15)25(3,4)24(31)29(21)14-17-8-10-19(11-9-17)28-23(30)20-12-18(26)13-27-16(20)2/h5-7,12-13,17,19H,8-11,14H2,1-4H3,(H,28,30)/t17-,19-. The maximum absolute atomic E-state index is 13.2. The first-order chi connectivity index (χ1) is 14.7. The average molecular weight is 440 g/mol. The van der Waals surface area contributed by atoms with Crippen LogP contribution in [0, 0.1) is 19.8 Å². The highest BCUT2D eigenvalue weighted by Gasteiger charge is 2.45. The van der Waals surface area contributed by atoms with Crippen molar-refractivity contribution in [3.8, 4) is 0 Å². The molecule has 164 valence electrons. The molecule has 1 aliphatic carbocycles. The second-order valence-electron chi connectivity index (χ2n) is 9.49. The number of nitrogens with zero attached hydrogens (tertiary/aromatic N) is 2. The van der Waals surface area contributed by atoms with Crippen molar-refractivity contribution in [1.29, 1.82) is 0 Å². The molecule has 6 heteroatoms. The maximum atomic E-state index is 13.2. The van der Waals surface area contributed by atoms with Gasteiger partial charge in [0, 0.05) is 24.5 Å². The number of amides is 2. The van der Waals surface area contributed by atoms with E-state index in [-0.39, 0.29) is 17.9 Å². The quantitative estimate of drug-likeness (QED) is 0.731. The summed E-state index contributed by atoms with van der Waals surface area (Å²) in [6, 6.07) is 8.01. The number of rotatable bonds is 4. The Hall–Kier alpha value is -2.40. The Bertz CT molecular complexity index is 1030. The number of aromatic nitrogens is 1. The third kappa shape index (κ3) is 4.08. The minimum absolute atomic E-state index is 0.114. The van der Waals surface area contributed by atoms with Crippen LogP contribution in [0.2, 0.25) is 5.02 Å². The van der Waals surface area contributed by atoms with Crippen LogP contribution in [0.25, 0.3) is 0 Å². The first kappa shape index (κ1) is 21.8. The molecule has 0 spiro atoms. The summed E-state index contributed by atoms with van der Waals surface area (Å²) in [5, 5.41) is 3.61. The van der Waals surface area contributed by atoms with E-state index in [9.17, 15) is 9.59 Å². The lowest BCUT2D eigenvalue weighted by atomic mass is 9.83. The molecule has 1 aromatic heterocycles. The molecule has 1 aliphatic heterocycles. The highest BCUT2D eigenvalue weighted by atomic mass is 35.5. The van der Waals surface area contributed by atoms with Gasteiger partial charge in [-0.25, -0.2) is 0 Å². The Morgan fingerprint density at radius 2 is 1.94 bits per heavy atom. The fourth-order valence-electron chi connectivity index (χ4n) is 5.17. The predicted octanol–water partition coefficient (Wildman–Crippen LogP) is 4.96. The number of benzene rings is 1. The lowest BCUT2D eigenvalue weighted by Crippen LogP contribution is -2.42. The van der Waals surface area contributed by atoms with Crippen LogP contribution in [0.1, 0.15) is 66.7 Å². The third-order valence-corrected chi connectivity index (χ3v) is 7.07. The van der Waals surface area contributed by atoms with Crippen molar-refractivity contribution in [2.45, 2.75) is 64.8 Å². The van der Waals surface area contributed by atoms with E-state index >= 15 is 0 Å². The molecule has 0 unspecified atom stereocenters. The third-order valence-electron chi connectivity index (χ3n) is 6.87. The Balaban J connectivity index is 1.38. The summed E-state index contributed by atoms with van der Waals surface area (Å²) >= 11 is 6.01. The molecule has 0 saturated heterocycles. The van der Waals surface area contributed by atoms with Crippen LogP contribution in [0.3, 0.4) is 0 Å². The zero-order valence-electron chi connectivity index (χ0n) is 18.7. The Morgan fingerprint density at radius 1 is 1.23 bits per heavy atom. The van der Waals surface area contributed by atoms with Crippen LogP contribution < -0.4 is 10.2 Å². The number of hydrogen-bond acceptors (Lipinski definition) is 3.